The third kappa shape index (κ3) is 4.69. The molecule has 1 heterocycles. The summed E-state index contributed by atoms with van der Waals surface area (Å²) in [6.45, 7) is 3.76. The first-order chi connectivity index (χ1) is 12.5. The first kappa shape index (κ1) is 18.6. The smallest absolute Gasteiger partial charge is 0.331 e. The van der Waals surface area contributed by atoms with Gasteiger partial charge in [-0.2, -0.15) is 0 Å². The van der Waals surface area contributed by atoms with Crippen LogP contribution in [0.5, 0.6) is 0 Å². The fraction of sp³-hybridized carbons (Fsp3) is 0.450. The highest BCUT2D eigenvalue weighted by atomic mass is 32.1. The standard InChI is InChI=1S/C20H24N2O3S/c1-13-7-3-4-8-15(13)22-20(24)14(2)25-19(23)12-11-18-21-16-9-5-6-10-17(16)26-18/h5-6,9-15H,3-4,7-8H2,1-2H3,(H,22,24)/b12-11+/t13-,14+,15-/m0/s1. The van der Waals surface area contributed by atoms with E-state index in [0.29, 0.717) is 5.92 Å². The van der Waals surface area contributed by atoms with Crippen LogP contribution in [0, 0.1) is 5.92 Å². The van der Waals surface area contributed by atoms with Crippen LogP contribution in [0.25, 0.3) is 16.3 Å². The number of carbonyl (C=O) groups is 2. The molecule has 1 N–H and O–H groups in total. The molecule has 1 aromatic heterocycles. The zero-order valence-electron chi connectivity index (χ0n) is 15.1. The van der Waals surface area contributed by atoms with E-state index in [9.17, 15) is 9.59 Å². The van der Waals surface area contributed by atoms with Crippen LogP contribution in [0.15, 0.2) is 30.3 Å². The van der Waals surface area contributed by atoms with E-state index in [1.54, 1.807) is 13.0 Å². The number of benzene rings is 1. The number of nitrogens with one attached hydrogen (secondary N) is 1. The zero-order valence-corrected chi connectivity index (χ0v) is 15.9. The second-order valence-corrected chi connectivity index (χ2v) is 7.87. The van der Waals surface area contributed by atoms with Gasteiger partial charge in [0.05, 0.1) is 10.2 Å². The van der Waals surface area contributed by atoms with Crippen LogP contribution in [-0.2, 0) is 14.3 Å². The van der Waals surface area contributed by atoms with Gasteiger partial charge in [-0.15, -0.1) is 11.3 Å². The van der Waals surface area contributed by atoms with E-state index in [4.69, 9.17) is 4.74 Å². The molecule has 1 aliphatic carbocycles. The fourth-order valence-corrected chi connectivity index (χ4v) is 4.07. The van der Waals surface area contributed by atoms with Crippen LogP contribution in [0.4, 0.5) is 0 Å². The van der Waals surface area contributed by atoms with Crippen LogP contribution in [0.1, 0.15) is 44.5 Å². The summed E-state index contributed by atoms with van der Waals surface area (Å²) in [5.74, 6) is -0.302. The number of nitrogens with zero attached hydrogens (tertiary/aromatic N) is 1. The van der Waals surface area contributed by atoms with Crippen molar-refractivity contribution >= 4 is 39.5 Å². The molecule has 0 radical (unpaired) electrons. The Labute approximate surface area is 157 Å². The molecule has 1 fully saturated rings. The number of carbonyl (C=O) groups excluding carboxylic acids is 2. The van der Waals surface area contributed by atoms with Crippen LogP contribution < -0.4 is 5.32 Å². The molecule has 6 heteroatoms. The fourth-order valence-electron chi connectivity index (χ4n) is 3.20. The van der Waals surface area contributed by atoms with Crippen molar-refractivity contribution in [2.75, 3.05) is 0 Å². The first-order valence-corrected chi connectivity index (χ1v) is 9.89. The number of para-hydroxylation sites is 1. The highest BCUT2D eigenvalue weighted by Crippen LogP contribution is 2.24. The van der Waals surface area contributed by atoms with Crippen LogP contribution in [-0.4, -0.2) is 29.0 Å². The Morgan fingerprint density at radius 2 is 2.08 bits per heavy atom. The summed E-state index contributed by atoms with van der Waals surface area (Å²) in [5.41, 5.74) is 0.903. The van der Waals surface area contributed by atoms with Crippen molar-refractivity contribution in [3.05, 3.63) is 35.3 Å². The van der Waals surface area contributed by atoms with Gasteiger partial charge in [0.2, 0.25) is 0 Å². The SMILES string of the molecule is C[C@@H](OC(=O)/C=C/c1nc2ccccc2s1)C(=O)N[C@H]1CCCC[C@@H]1C. The lowest BCUT2D eigenvalue weighted by atomic mass is 9.86. The highest BCUT2D eigenvalue weighted by molar-refractivity contribution is 7.19. The molecule has 1 aliphatic rings. The molecule has 0 unspecified atom stereocenters. The van der Waals surface area contributed by atoms with Gasteiger partial charge in [-0.25, -0.2) is 9.78 Å². The molecule has 1 amide bonds. The molecule has 0 bridgehead atoms. The Bertz CT molecular complexity index is 781. The van der Waals surface area contributed by atoms with Crippen molar-refractivity contribution in [1.29, 1.82) is 0 Å². The number of amides is 1. The third-order valence-electron chi connectivity index (χ3n) is 4.77. The van der Waals surface area contributed by atoms with Crippen LogP contribution in [0.2, 0.25) is 0 Å². The third-order valence-corrected chi connectivity index (χ3v) is 5.78. The lowest BCUT2D eigenvalue weighted by Crippen LogP contribution is -2.45. The van der Waals surface area contributed by atoms with Gasteiger partial charge in [-0.3, -0.25) is 4.79 Å². The lowest BCUT2D eigenvalue weighted by molar-refractivity contribution is -0.150. The molecule has 3 rings (SSSR count). The largest absolute Gasteiger partial charge is 0.449 e. The van der Waals surface area contributed by atoms with Crippen molar-refractivity contribution in [1.82, 2.24) is 10.3 Å². The van der Waals surface area contributed by atoms with E-state index in [1.807, 2.05) is 24.3 Å². The number of ether oxygens (including phenoxy) is 1. The molecular weight excluding hydrogens is 348 g/mol. The summed E-state index contributed by atoms with van der Waals surface area (Å²) in [4.78, 5) is 28.7. The van der Waals surface area contributed by atoms with Gasteiger partial charge in [0.25, 0.3) is 5.91 Å². The van der Waals surface area contributed by atoms with E-state index in [1.165, 1.54) is 23.8 Å². The van der Waals surface area contributed by atoms with Gasteiger partial charge < -0.3 is 10.1 Å². The summed E-state index contributed by atoms with van der Waals surface area (Å²) >= 11 is 1.50. The number of fused-ring (bicyclic) bond motifs is 1. The molecule has 138 valence electrons. The average Bonchev–Trinajstić information content (AvgIpc) is 3.05. The molecule has 3 atom stereocenters. The highest BCUT2D eigenvalue weighted by Gasteiger charge is 2.25. The maximum absolute atomic E-state index is 12.3. The number of thiazole rings is 1. The topological polar surface area (TPSA) is 68.3 Å². The van der Waals surface area contributed by atoms with E-state index in [0.717, 1.165) is 34.5 Å². The van der Waals surface area contributed by atoms with Gasteiger partial charge in [-0.05, 0) is 43.9 Å². The molecular formula is C20H24N2O3S. The molecule has 1 saturated carbocycles. The predicted molar refractivity (Wildman–Crippen MR) is 104 cm³/mol. The molecule has 26 heavy (non-hydrogen) atoms. The van der Waals surface area contributed by atoms with Crippen molar-refractivity contribution in [3.63, 3.8) is 0 Å². The molecule has 5 nitrogen and oxygen atoms in total. The Hall–Kier alpha value is -2.21. The Kier molecular flexibility index (Phi) is 6.04. The predicted octanol–water partition coefficient (Wildman–Crippen LogP) is 3.94. The van der Waals surface area contributed by atoms with Crippen LogP contribution in [0.3, 0.4) is 0 Å². The lowest BCUT2D eigenvalue weighted by Gasteiger charge is -2.30. The Morgan fingerprint density at radius 1 is 1.31 bits per heavy atom. The summed E-state index contributed by atoms with van der Waals surface area (Å²) < 4.78 is 6.29. The number of hydrogen-bond donors (Lipinski definition) is 1. The van der Waals surface area contributed by atoms with Gasteiger partial charge in [0.1, 0.15) is 5.01 Å². The van der Waals surface area contributed by atoms with Gasteiger partial charge >= 0.3 is 5.97 Å². The van der Waals surface area contributed by atoms with E-state index >= 15 is 0 Å². The van der Waals surface area contributed by atoms with E-state index in [2.05, 4.69) is 17.2 Å². The average molecular weight is 372 g/mol. The van der Waals surface area contributed by atoms with Gasteiger partial charge in [0.15, 0.2) is 6.10 Å². The summed E-state index contributed by atoms with van der Waals surface area (Å²) in [6, 6.07) is 7.98. The molecule has 2 aromatic rings. The maximum atomic E-state index is 12.3. The number of esters is 1. The Morgan fingerprint density at radius 3 is 2.85 bits per heavy atom. The van der Waals surface area contributed by atoms with Crippen molar-refractivity contribution < 1.29 is 14.3 Å². The van der Waals surface area contributed by atoms with Gasteiger partial charge in [-0.1, -0.05) is 31.9 Å². The minimum absolute atomic E-state index is 0.177. The monoisotopic (exact) mass is 372 g/mol. The molecule has 0 spiro atoms. The summed E-state index contributed by atoms with van der Waals surface area (Å²) in [5, 5.41) is 3.75. The second-order valence-electron chi connectivity index (χ2n) is 6.81. The number of hydrogen-bond acceptors (Lipinski definition) is 5. The quantitative estimate of drug-likeness (QED) is 0.638. The summed E-state index contributed by atoms with van der Waals surface area (Å²) in [6.07, 6.45) is 6.61. The Balaban J connectivity index is 1.52. The maximum Gasteiger partial charge on any atom is 0.331 e. The minimum atomic E-state index is -0.809. The van der Waals surface area contributed by atoms with Gasteiger partial charge in [0, 0.05) is 12.1 Å². The van der Waals surface area contributed by atoms with E-state index < -0.39 is 12.1 Å². The second kappa shape index (κ2) is 8.45. The van der Waals surface area contributed by atoms with Crippen molar-refractivity contribution in [3.8, 4) is 0 Å². The minimum Gasteiger partial charge on any atom is -0.449 e. The van der Waals surface area contributed by atoms with E-state index in [-0.39, 0.29) is 11.9 Å². The number of rotatable bonds is 5. The van der Waals surface area contributed by atoms with Crippen LogP contribution >= 0.6 is 11.3 Å². The molecule has 0 aliphatic heterocycles. The number of aromatic nitrogens is 1. The van der Waals surface area contributed by atoms with Crippen molar-refractivity contribution in [2.24, 2.45) is 5.92 Å². The van der Waals surface area contributed by atoms with Crippen molar-refractivity contribution in [2.45, 2.75) is 51.7 Å². The molecule has 1 aromatic carbocycles. The summed E-state index contributed by atoms with van der Waals surface area (Å²) in [7, 11) is 0. The first-order valence-electron chi connectivity index (χ1n) is 9.07. The molecule has 0 saturated heterocycles. The normalized spacial score (nSPS) is 21.6. The zero-order chi connectivity index (χ0) is 18.5.